The van der Waals surface area contributed by atoms with Gasteiger partial charge < -0.3 is 5.11 Å². The average molecular weight is 328 g/mol. The third-order valence-corrected chi connectivity index (χ3v) is 7.49. The van der Waals surface area contributed by atoms with Crippen LogP contribution in [0, 0.1) is 23.2 Å². The summed E-state index contributed by atoms with van der Waals surface area (Å²) in [5.74, 6) is 1.53. The lowest BCUT2D eigenvalue weighted by molar-refractivity contribution is -0.135. The zero-order valence-corrected chi connectivity index (χ0v) is 14.8. The molecule has 0 aromatic carbocycles. The summed E-state index contributed by atoms with van der Waals surface area (Å²) in [6.07, 6.45) is 8.98. The van der Waals surface area contributed by atoms with E-state index in [9.17, 15) is 14.7 Å². The van der Waals surface area contributed by atoms with Crippen molar-refractivity contribution in [1.29, 1.82) is 0 Å². The van der Waals surface area contributed by atoms with Gasteiger partial charge in [-0.25, -0.2) is 0 Å². The van der Waals surface area contributed by atoms with Crippen molar-refractivity contribution in [2.24, 2.45) is 23.2 Å². The van der Waals surface area contributed by atoms with E-state index in [1.807, 2.05) is 6.08 Å². The van der Waals surface area contributed by atoms with Crippen molar-refractivity contribution in [2.75, 3.05) is 0 Å². The van der Waals surface area contributed by atoms with Crippen molar-refractivity contribution in [3.05, 3.63) is 22.8 Å². The predicted octanol–water partition coefficient (Wildman–Crippen LogP) is 3.76. The summed E-state index contributed by atoms with van der Waals surface area (Å²) in [4.78, 5) is 24.3. The molecule has 3 nitrogen and oxygen atoms in total. The SMILES string of the molecule is CC(O)C(=O)C1CCC2C3CCC4=CC(=O)CCC4=C3CCC12C. The van der Waals surface area contributed by atoms with Crippen molar-refractivity contribution >= 4 is 11.6 Å². The topological polar surface area (TPSA) is 54.4 Å². The number of aliphatic hydroxyl groups is 1. The van der Waals surface area contributed by atoms with E-state index in [0.29, 0.717) is 18.3 Å². The Labute approximate surface area is 144 Å². The molecule has 0 radical (unpaired) electrons. The molecule has 5 atom stereocenters. The molecule has 0 aromatic heterocycles. The smallest absolute Gasteiger partial charge is 0.164 e. The van der Waals surface area contributed by atoms with Gasteiger partial charge in [0.1, 0.15) is 6.10 Å². The van der Waals surface area contributed by atoms with Crippen LogP contribution in [0.5, 0.6) is 0 Å². The number of aliphatic hydroxyl groups excluding tert-OH is 1. The fourth-order valence-corrected chi connectivity index (χ4v) is 6.29. The number of hydrogen-bond acceptors (Lipinski definition) is 3. The molecule has 3 heteroatoms. The first-order valence-corrected chi connectivity index (χ1v) is 9.59. The Bertz CT molecular complexity index is 654. The Kier molecular flexibility index (Phi) is 3.83. The summed E-state index contributed by atoms with van der Waals surface area (Å²) in [5, 5.41) is 9.80. The van der Waals surface area contributed by atoms with E-state index in [1.54, 1.807) is 12.5 Å². The van der Waals surface area contributed by atoms with Crippen LogP contribution >= 0.6 is 0 Å². The summed E-state index contributed by atoms with van der Waals surface area (Å²) >= 11 is 0. The van der Waals surface area contributed by atoms with Gasteiger partial charge in [-0.2, -0.15) is 0 Å². The first-order chi connectivity index (χ1) is 11.4. The summed E-state index contributed by atoms with van der Waals surface area (Å²) in [5.41, 5.74) is 4.44. The van der Waals surface area contributed by atoms with Crippen molar-refractivity contribution in [3.8, 4) is 0 Å². The van der Waals surface area contributed by atoms with Gasteiger partial charge in [0.2, 0.25) is 0 Å². The Hall–Kier alpha value is -1.22. The third kappa shape index (κ3) is 2.28. The monoisotopic (exact) mass is 328 g/mol. The molecule has 0 aromatic rings. The molecule has 2 fully saturated rings. The number of hydrogen-bond donors (Lipinski definition) is 1. The van der Waals surface area contributed by atoms with Crippen LogP contribution in [0.15, 0.2) is 22.8 Å². The van der Waals surface area contributed by atoms with Gasteiger partial charge in [-0.3, -0.25) is 9.59 Å². The van der Waals surface area contributed by atoms with Crippen LogP contribution in [0.1, 0.15) is 65.2 Å². The zero-order valence-electron chi connectivity index (χ0n) is 14.8. The van der Waals surface area contributed by atoms with Crippen LogP contribution in [-0.4, -0.2) is 22.8 Å². The van der Waals surface area contributed by atoms with Crippen LogP contribution in [0.4, 0.5) is 0 Å². The van der Waals surface area contributed by atoms with E-state index >= 15 is 0 Å². The lowest BCUT2D eigenvalue weighted by atomic mass is 9.55. The van der Waals surface area contributed by atoms with E-state index in [2.05, 4.69) is 6.92 Å². The summed E-state index contributed by atoms with van der Waals surface area (Å²) < 4.78 is 0. The molecule has 4 aliphatic rings. The molecule has 4 aliphatic carbocycles. The molecule has 0 heterocycles. The van der Waals surface area contributed by atoms with Crippen LogP contribution in [0.2, 0.25) is 0 Å². The molecule has 2 saturated carbocycles. The van der Waals surface area contributed by atoms with Gasteiger partial charge in [-0.15, -0.1) is 0 Å². The van der Waals surface area contributed by atoms with E-state index in [1.165, 1.54) is 11.1 Å². The minimum atomic E-state index is -0.837. The van der Waals surface area contributed by atoms with E-state index < -0.39 is 6.10 Å². The molecule has 0 amide bonds. The number of allylic oxidation sites excluding steroid dienone is 4. The van der Waals surface area contributed by atoms with Gasteiger partial charge in [0.05, 0.1) is 0 Å². The van der Waals surface area contributed by atoms with E-state index in [-0.39, 0.29) is 22.9 Å². The molecular weight excluding hydrogens is 300 g/mol. The number of ketones is 2. The second-order valence-electron chi connectivity index (χ2n) is 8.61. The maximum atomic E-state index is 12.5. The number of rotatable bonds is 2. The summed E-state index contributed by atoms with van der Waals surface area (Å²) in [6, 6.07) is 0. The average Bonchev–Trinajstić information content (AvgIpc) is 2.90. The van der Waals surface area contributed by atoms with Crippen LogP contribution in [-0.2, 0) is 9.59 Å². The first kappa shape index (κ1) is 16.3. The molecule has 1 N–H and O–H groups in total. The number of carbonyl (C=O) groups is 2. The highest BCUT2D eigenvalue weighted by Crippen LogP contribution is 2.62. The molecule has 0 bridgehead atoms. The fourth-order valence-electron chi connectivity index (χ4n) is 6.29. The molecule has 4 rings (SSSR count). The van der Waals surface area contributed by atoms with Gasteiger partial charge in [0, 0.05) is 12.3 Å². The van der Waals surface area contributed by atoms with Crippen molar-refractivity contribution in [1.82, 2.24) is 0 Å². The molecule has 0 aliphatic heterocycles. The molecule has 130 valence electrons. The Balaban J connectivity index is 1.67. The standard InChI is InChI=1S/C21H28O3/c1-12(22)20(24)19-8-7-18-17-5-3-13-11-14(23)4-6-15(13)16(17)9-10-21(18,19)2/h11-12,17-19,22H,3-10H2,1-2H3. The second-order valence-corrected chi connectivity index (χ2v) is 8.61. The summed E-state index contributed by atoms with van der Waals surface area (Å²) in [7, 11) is 0. The molecule has 0 spiro atoms. The second kappa shape index (κ2) is 5.66. The summed E-state index contributed by atoms with van der Waals surface area (Å²) in [6.45, 7) is 3.92. The van der Waals surface area contributed by atoms with Crippen LogP contribution < -0.4 is 0 Å². The quantitative estimate of drug-likeness (QED) is 0.840. The molecule has 0 saturated heterocycles. The van der Waals surface area contributed by atoms with E-state index in [4.69, 9.17) is 0 Å². The van der Waals surface area contributed by atoms with Crippen molar-refractivity contribution < 1.29 is 14.7 Å². The minimum Gasteiger partial charge on any atom is -0.386 e. The van der Waals surface area contributed by atoms with Crippen LogP contribution in [0.25, 0.3) is 0 Å². The zero-order chi connectivity index (χ0) is 17.1. The van der Waals surface area contributed by atoms with Crippen LogP contribution in [0.3, 0.4) is 0 Å². The highest BCUT2D eigenvalue weighted by atomic mass is 16.3. The first-order valence-electron chi connectivity index (χ1n) is 9.59. The lowest BCUT2D eigenvalue weighted by Crippen LogP contribution is -2.43. The van der Waals surface area contributed by atoms with Gasteiger partial charge in [0.25, 0.3) is 0 Å². The van der Waals surface area contributed by atoms with Crippen molar-refractivity contribution in [3.63, 3.8) is 0 Å². The Morgan fingerprint density at radius 3 is 2.75 bits per heavy atom. The minimum absolute atomic E-state index is 0.0268. The predicted molar refractivity (Wildman–Crippen MR) is 92.3 cm³/mol. The lowest BCUT2D eigenvalue weighted by Gasteiger charge is -2.49. The van der Waals surface area contributed by atoms with Crippen molar-refractivity contribution in [2.45, 2.75) is 71.3 Å². The highest BCUT2D eigenvalue weighted by Gasteiger charge is 2.55. The van der Waals surface area contributed by atoms with Gasteiger partial charge >= 0.3 is 0 Å². The van der Waals surface area contributed by atoms with Gasteiger partial charge in [-0.05, 0) is 86.3 Å². The molecule has 5 unspecified atom stereocenters. The third-order valence-electron chi connectivity index (χ3n) is 7.49. The number of Topliss-reactive ketones (excluding diaryl/α,β-unsaturated/α-hetero) is 1. The Morgan fingerprint density at radius 2 is 2.00 bits per heavy atom. The maximum absolute atomic E-state index is 12.5. The van der Waals surface area contributed by atoms with E-state index in [0.717, 1.165) is 44.9 Å². The largest absolute Gasteiger partial charge is 0.386 e. The van der Waals surface area contributed by atoms with Gasteiger partial charge in [-0.1, -0.05) is 12.5 Å². The highest BCUT2D eigenvalue weighted by molar-refractivity contribution is 5.93. The Morgan fingerprint density at radius 1 is 1.21 bits per heavy atom. The maximum Gasteiger partial charge on any atom is 0.164 e. The fraction of sp³-hybridized carbons (Fsp3) is 0.714. The molecule has 24 heavy (non-hydrogen) atoms. The molecular formula is C21H28O3. The van der Waals surface area contributed by atoms with Gasteiger partial charge in [0.15, 0.2) is 11.6 Å². The number of carbonyl (C=O) groups excluding carboxylic acids is 2. The normalized spacial score (nSPS) is 39.7. The number of fused-ring (bicyclic) bond motifs is 4.